The maximum Gasteiger partial charge on any atom is 0.501 e. The van der Waals surface area contributed by atoms with Crippen molar-refractivity contribution in [3.8, 4) is 11.1 Å². The minimum Gasteiger partial charge on any atom is -0.395 e. The van der Waals surface area contributed by atoms with Crippen LogP contribution in [0.4, 0.5) is 24.5 Å². The molecule has 2 fully saturated rings. The lowest BCUT2D eigenvalue weighted by molar-refractivity contribution is -0.0435. The largest absolute Gasteiger partial charge is 0.501 e. The van der Waals surface area contributed by atoms with E-state index in [4.69, 9.17) is 17.3 Å². The third kappa shape index (κ3) is 12.7. The number of nitrogens with one attached hydrogen (secondary N) is 2. The fraction of sp³-hybridized carbons (Fsp3) is 0.354. The van der Waals surface area contributed by atoms with Gasteiger partial charge in [-0.15, -0.1) is 11.8 Å². The highest BCUT2D eigenvalue weighted by molar-refractivity contribution is 7.99. The van der Waals surface area contributed by atoms with Crippen LogP contribution in [0.5, 0.6) is 0 Å². The maximum absolute atomic E-state index is 14.2. The number of piperidine rings is 1. The predicted molar refractivity (Wildman–Crippen MR) is 259 cm³/mol. The van der Waals surface area contributed by atoms with Gasteiger partial charge in [0.2, 0.25) is 0 Å². The molecule has 2 aliphatic rings. The molecule has 2 atom stereocenters. The number of anilines is 2. The van der Waals surface area contributed by atoms with E-state index in [2.05, 4.69) is 32.1 Å². The molecule has 0 aliphatic carbocycles. The average Bonchev–Trinajstić information content (AvgIpc) is 3.33. The first-order chi connectivity index (χ1) is 32.0. The average molecular weight is 1000 g/mol. The third-order valence-corrected chi connectivity index (χ3v) is 16.6. The van der Waals surface area contributed by atoms with Gasteiger partial charge in [0.05, 0.1) is 17.2 Å². The molecule has 1 amide bonds. The molecule has 5 aromatic carbocycles. The number of carbonyl (C=O) groups excluding carboxylic acids is 1. The van der Waals surface area contributed by atoms with Crippen molar-refractivity contribution in [2.24, 2.45) is 11.7 Å². The van der Waals surface area contributed by atoms with Crippen LogP contribution >= 0.6 is 23.4 Å². The number of halogens is 4. The van der Waals surface area contributed by atoms with Gasteiger partial charge in [-0.25, -0.2) is 21.6 Å². The Hall–Kier alpha value is -4.66. The minimum absolute atomic E-state index is 0.0296. The van der Waals surface area contributed by atoms with Crippen molar-refractivity contribution >= 4 is 60.5 Å². The van der Waals surface area contributed by atoms with Gasteiger partial charge in [-0.3, -0.25) is 9.69 Å². The number of alkyl halides is 3. The molecule has 67 heavy (non-hydrogen) atoms. The first kappa shape index (κ1) is 50.2. The number of aliphatic hydroxyl groups is 1. The van der Waals surface area contributed by atoms with Crippen LogP contribution < -0.4 is 20.7 Å². The van der Waals surface area contributed by atoms with E-state index < -0.39 is 52.8 Å². The molecule has 2 saturated heterocycles. The Bertz CT molecular complexity index is 2670. The van der Waals surface area contributed by atoms with Gasteiger partial charge in [-0.05, 0) is 109 Å². The Morgan fingerprint density at radius 3 is 2.07 bits per heavy atom. The fourth-order valence-electron chi connectivity index (χ4n) is 8.50. The lowest BCUT2D eigenvalue weighted by atomic mass is 9.83. The van der Waals surface area contributed by atoms with E-state index in [1.165, 1.54) is 23.9 Å². The summed E-state index contributed by atoms with van der Waals surface area (Å²) >= 11 is 7.57. The Kier molecular flexibility index (Phi) is 16.6. The highest BCUT2D eigenvalue weighted by Crippen LogP contribution is 2.38. The van der Waals surface area contributed by atoms with Gasteiger partial charge in [0.1, 0.15) is 4.90 Å². The van der Waals surface area contributed by atoms with Crippen LogP contribution in [0, 0.1) is 5.92 Å². The van der Waals surface area contributed by atoms with E-state index in [1.807, 2.05) is 71.5 Å². The summed E-state index contributed by atoms with van der Waals surface area (Å²) in [6.45, 7) is 5.44. The second-order valence-electron chi connectivity index (χ2n) is 16.7. The van der Waals surface area contributed by atoms with Crippen LogP contribution in [-0.4, -0.2) is 114 Å². The number of amides is 1. The van der Waals surface area contributed by atoms with E-state index >= 15 is 0 Å². The molecule has 0 spiro atoms. The molecule has 5 aromatic rings. The summed E-state index contributed by atoms with van der Waals surface area (Å²) in [5.74, 6) is -0.498. The fourth-order valence-corrected chi connectivity index (χ4v) is 11.6. The van der Waals surface area contributed by atoms with Crippen molar-refractivity contribution < 1.29 is 39.9 Å². The molecule has 19 heteroatoms. The van der Waals surface area contributed by atoms with Gasteiger partial charge in [-0.2, -0.15) is 13.2 Å². The van der Waals surface area contributed by atoms with Gasteiger partial charge in [0.15, 0.2) is 0 Å². The number of sulfone groups is 1. The molecule has 12 nitrogen and oxygen atoms in total. The standard InChI is InChI=1S/C48H54ClF3N6O6S3/c49-37-14-10-34(11-15-37)42-8-4-5-9-43(42)46(53)35-20-24-58(25-21-35)39-16-12-36(13-17-39)47(60)55-67(63,64)41-18-19-44(45(32-41)66(61,62)48(50,51)52)54-38(33-65-40-6-2-1-3-7-40)22-23-56-26-28-57(29-27-56)30-31-59/h1-19,32,35,38,46,54,59H,20-31,33,53H2,(H,55,60)/t38-,46?/m1/s1. The monoisotopic (exact) mass is 998 g/mol. The number of benzene rings is 5. The summed E-state index contributed by atoms with van der Waals surface area (Å²) in [4.78, 5) is 18.6. The molecule has 0 saturated carbocycles. The number of hydrogen-bond donors (Lipinski definition) is 4. The zero-order valence-corrected chi connectivity index (χ0v) is 39.8. The highest BCUT2D eigenvalue weighted by atomic mass is 35.5. The molecule has 2 aliphatic heterocycles. The third-order valence-electron chi connectivity index (χ3n) is 12.3. The second-order valence-corrected chi connectivity index (χ2v) is 21.8. The summed E-state index contributed by atoms with van der Waals surface area (Å²) in [5, 5.41) is 13.0. The smallest absolute Gasteiger partial charge is 0.395 e. The minimum atomic E-state index is -6.08. The number of nitrogens with two attached hydrogens (primary N) is 1. The van der Waals surface area contributed by atoms with Crippen molar-refractivity contribution in [2.75, 3.05) is 74.9 Å². The Labute approximate surface area is 399 Å². The maximum atomic E-state index is 14.2. The quantitative estimate of drug-likeness (QED) is 0.0629. The molecule has 1 unspecified atom stereocenters. The molecule has 0 bridgehead atoms. The number of sulfonamides is 1. The molecular formula is C48H54ClF3N6O6S3. The van der Waals surface area contributed by atoms with E-state index in [0.717, 1.165) is 65.3 Å². The van der Waals surface area contributed by atoms with E-state index in [0.29, 0.717) is 62.5 Å². The molecule has 5 N–H and O–H groups in total. The Balaban J connectivity index is 1.02. The number of piperazine rings is 1. The molecule has 7 rings (SSSR count). The lowest BCUT2D eigenvalue weighted by Crippen LogP contribution is -2.48. The van der Waals surface area contributed by atoms with Crippen LogP contribution in [0.2, 0.25) is 5.02 Å². The molecule has 358 valence electrons. The summed E-state index contributed by atoms with van der Waals surface area (Å²) in [6.07, 6.45) is 2.02. The summed E-state index contributed by atoms with van der Waals surface area (Å²) < 4.78 is 98.1. The van der Waals surface area contributed by atoms with Crippen molar-refractivity contribution in [1.82, 2.24) is 14.5 Å². The Morgan fingerprint density at radius 2 is 1.43 bits per heavy atom. The van der Waals surface area contributed by atoms with Crippen LogP contribution in [0.15, 0.2) is 136 Å². The topological polar surface area (TPSA) is 165 Å². The van der Waals surface area contributed by atoms with Crippen molar-refractivity contribution in [2.45, 2.75) is 51.5 Å². The number of carbonyl (C=O) groups is 1. The van der Waals surface area contributed by atoms with Crippen LogP contribution in [0.3, 0.4) is 0 Å². The summed E-state index contributed by atoms with van der Waals surface area (Å²) in [7, 11) is -11.0. The van der Waals surface area contributed by atoms with Crippen LogP contribution in [0.1, 0.15) is 41.2 Å². The highest BCUT2D eigenvalue weighted by Gasteiger charge is 2.48. The lowest BCUT2D eigenvalue weighted by Gasteiger charge is -2.36. The number of thioether (sulfide) groups is 1. The number of aliphatic hydroxyl groups excluding tert-OH is 1. The van der Waals surface area contributed by atoms with Gasteiger partial charge < -0.3 is 26.0 Å². The predicted octanol–water partition coefficient (Wildman–Crippen LogP) is 7.91. The van der Waals surface area contributed by atoms with E-state index in [9.17, 15) is 39.9 Å². The zero-order valence-electron chi connectivity index (χ0n) is 36.6. The second kappa shape index (κ2) is 22.2. The van der Waals surface area contributed by atoms with Gasteiger partial charge in [0, 0.05) is 91.4 Å². The first-order valence-electron chi connectivity index (χ1n) is 22.0. The molecular weight excluding hydrogens is 945 g/mol. The van der Waals surface area contributed by atoms with Crippen LogP contribution in [-0.2, 0) is 19.9 Å². The summed E-state index contributed by atoms with van der Waals surface area (Å²) in [5.41, 5.74) is 4.61. The van der Waals surface area contributed by atoms with E-state index in [1.54, 1.807) is 12.1 Å². The van der Waals surface area contributed by atoms with Gasteiger partial charge in [0.25, 0.3) is 25.8 Å². The number of hydrogen-bond acceptors (Lipinski definition) is 12. The van der Waals surface area contributed by atoms with Crippen molar-refractivity contribution in [1.29, 1.82) is 0 Å². The normalized spacial score (nSPS) is 16.7. The number of β-amino-alcohol motifs (C(OH)–C–C–N with tert-alkyl or cyclic N) is 1. The number of nitrogens with zero attached hydrogens (tertiary/aromatic N) is 3. The van der Waals surface area contributed by atoms with Gasteiger partial charge in [-0.1, -0.05) is 66.2 Å². The Morgan fingerprint density at radius 1 is 0.806 bits per heavy atom. The van der Waals surface area contributed by atoms with Gasteiger partial charge >= 0.3 is 5.51 Å². The van der Waals surface area contributed by atoms with Crippen molar-refractivity contribution in [3.63, 3.8) is 0 Å². The summed E-state index contributed by atoms with van der Waals surface area (Å²) in [6, 6.07) is 33.0. The molecule has 0 radical (unpaired) electrons. The van der Waals surface area contributed by atoms with Crippen molar-refractivity contribution in [3.05, 3.63) is 137 Å². The SMILES string of the molecule is NC(c1ccccc1-c1ccc(Cl)cc1)C1CCN(c2ccc(C(=O)NS(=O)(=O)c3ccc(N[C@H](CCN4CCN(CCO)CC4)CSc4ccccc4)c(S(=O)(=O)C(F)(F)F)c3)cc2)CC1. The molecule has 2 heterocycles. The van der Waals surface area contributed by atoms with Crippen LogP contribution in [0.25, 0.3) is 11.1 Å². The molecule has 0 aromatic heterocycles. The zero-order chi connectivity index (χ0) is 47.8. The number of rotatable bonds is 18. The van der Waals surface area contributed by atoms with E-state index in [-0.39, 0.29) is 24.1 Å². The first-order valence-corrected chi connectivity index (χ1v) is 26.3.